The number of nitrogens with one attached hydrogen (secondary N) is 1. The first kappa shape index (κ1) is 19.0. The first-order valence-corrected chi connectivity index (χ1v) is 9.39. The molecule has 1 heterocycles. The summed E-state index contributed by atoms with van der Waals surface area (Å²) in [4.78, 5) is 26.6. The quantitative estimate of drug-likeness (QED) is 0.842. The molecule has 1 saturated heterocycles. The van der Waals surface area contributed by atoms with Gasteiger partial charge in [-0.1, -0.05) is 26.0 Å². The number of nitrogens with zero attached hydrogens (tertiary/aromatic N) is 1. The molecule has 5 heteroatoms. The summed E-state index contributed by atoms with van der Waals surface area (Å²) in [6, 6.07) is 13.0. The summed E-state index contributed by atoms with van der Waals surface area (Å²) >= 11 is 0. The van der Waals surface area contributed by atoms with Gasteiger partial charge in [-0.3, -0.25) is 9.59 Å². The molecule has 0 saturated carbocycles. The molecule has 2 aromatic rings. The van der Waals surface area contributed by atoms with Crippen molar-refractivity contribution in [3.05, 3.63) is 53.6 Å². The average Bonchev–Trinajstić information content (AvgIpc) is 2.68. The lowest BCUT2D eigenvalue weighted by Gasteiger charge is -2.28. The molecule has 1 aliphatic rings. The summed E-state index contributed by atoms with van der Waals surface area (Å²) in [6.07, 6.45) is 2.43. The lowest BCUT2D eigenvalue weighted by Crippen LogP contribution is -2.35. The number of benzene rings is 2. The number of anilines is 2. The second-order valence-corrected chi connectivity index (χ2v) is 7.12. The van der Waals surface area contributed by atoms with E-state index >= 15 is 0 Å². The Morgan fingerprint density at radius 1 is 1.11 bits per heavy atom. The van der Waals surface area contributed by atoms with Gasteiger partial charge in [0.2, 0.25) is 5.91 Å². The lowest BCUT2D eigenvalue weighted by atomic mass is 10.0. The zero-order valence-corrected chi connectivity index (χ0v) is 16.1. The minimum atomic E-state index is -0.175. The SMILES string of the molecule is COc1ccc(NC(=O)c2ccc(C(C)C)cc2)cc1N1CCCCC1=O. The van der Waals surface area contributed by atoms with Gasteiger partial charge in [0.15, 0.2) is 0 Å². The van der Waals surface area contributed by atoms with Crippen molar-refractivity contribution in [3.63, 3.8) is 0 Å². The Balaban J connectivity index is 1.81. The van der Waals surface area contributed by atoms with Crippen LogP contribution in [0.4, 0.5) is 11.4 Å². The van der Waals surface area contributed by atoms with E-state index in [1.165, 1.54) is 5.56 Å². The Kier molecular flexibility index (Phi) is 5.79. The van der Waals surface area contributed by atoms with Crippen molar-refractivity contribution in [3.8, 4) is 5.75 Å². The smallest absolute Gasteiger partial charge is 0.255 e. The van der Waals surface area contributed by atoms with E-state index in [1.807, 2.05) is 30.3 Å². The summed E-state index contributed by atoms with van der Waals surface area (Å²) in [5.74, 6) is 0.969. The maximum atomic E-state index is 12.6. The van der Waals surface area contributed by atoms with Crippen LogP contribution in [0.3, 0.4) is 0 Å². The molecule has 1 aliphatic heterocycles. The molecule has 5 nitrogen and oxygen atoms in total. The fourth-order valence-electron chi connectivity index (χ4n) is 3.26. The number of carbonyl (C=O) groups excluding carboxylic acids is 2. The Morgan fingerprint density at radius 3 is 2.48 bits per heavy atom. The first-order valence-electron chi connectivity index (χ1n) is 9.39. The van der Waals surface area contributed by atoms with Gasteiger partial charge in [-0.25, -0.2) is 0 Å². The largest absolute Gasteiger partial charge is 0.495 e. The lowest BCUT2D eigenvalue weighted by molar-refractivity contribution is -0.119. The molecule has 0 aliphatic carbocycles. The van der Waals surface area contributed by atoms with Crippen LogP contribution in [-0.4, -0.2) is 25.5 Å². The summed E-state index contributed by atoms with van der Waals surface area (Å²) in [5, 5.41) is 2.92. The predicted octanol–water partition coefficient (Wildman–Crippen LogP) is 4.59. The highest BCUT2D eigenvalue weighted by molar-refractivity contribution is 6.05. The average molecular weight is 366 g/mol. The Labute approximate surface area is 160 Å². The fraction of sp³-hybridized carbons (Fsp3) is 0.364. The number of amides is 2. The zero-order valence-electron chi connectivity index (χ0n) is 16.1. The number of rotatable bonds is 5. The van der Waals surface area contributed by atoms with E-state index in [9.17, 15) is 9.59 Å². The van der Waals surface area contributed by atoms with E-state index in [-0.39, 0.29) is 11.8 Å². The summed E-state index contributed by atoms with van der Waals surface area (Å²) in [7, 11) is 1.59. The Bertz CT molecular complexity index is 828. The molecule has 1 fully saturated rings. The third kappa shape index (κ3) is 4.30. The van der Waals surface area contributed by atoms with Crippen LogP contribution in [-0.2, 0) is 4.79 Å². The van der Waals surface area contributed by atoms with Gasteiger partial charge in [0, 0.05) is 24.2 Å². The number of ether oxygens (including phenoxy) is 1. The molecule has 0 atom stereocenters. The summed E-state index contributed by atoms with van der Waals surface area (Å²) in [6.45, 7) is 4.91. The summed E-state index contributed by atoms with van der Waals surface area (Å²) < 4.78 is 5.42. The van der Waals surface area contributed by atoms with Crippen LogP contribution < -0.4 is 15.0 Å². The standard InChI is InChI=1S/C22H26N2O3/c1-15(2)16-7-9-17(10-8-16)22(26)23-18-11-12-20(27-3)19(14-18)24-13-5-4-6-21(24)25/h7-12,14-15H,4-6,13H2,1-3H3,(H,23,26). The van der Waals surface area contributed by atoms with Crippen LogP contribution in [0.1, 0.15) is 54.9 Å². The van der Waals surface area contributed by atoms with Crippen molar-refractivity contribution in [2.45, 2.75) is 39.0 Å². The highest BCUT2D eigenvalue weighted by Crippen LogP contribution is 2.33. The molecule has 1 N–H and O–H groups in total. The Hall–Kier alpha value is -2.82. The minimum absolute atomic E-state index is 0.0901. The molecule has 0 radical (unpaired) electrons. The van der Waals surface area contributed by atoms with E-state index in [0.29, 0.717) is 41.6 Å². The molecule has 142 valence electrons. The molecular weight excluding hydrogens is 340 g/mol. The van der Waals surface area contributed by atoms with Crippen LogP contribution in [0.2, 0.25) is 0 Å². The van der Waals surface area contributed by atoms with Crippen molar-refractivity contribution in [1.29, 1.82) is 0 Å². The van der Waals surface area contributed by atoms with Gasteiger partial charge in [-0.05, 0) is 54.7 Å². The van der Waals surface area contributed by atoms with Crippen molar-refractivity contribution in [1.82, 2.24) is 0 Å². The van der Waals surface area contributed by atoms with Gasteiger partial charge in [0.1, 0.15) is 5.75 Å². The van der Waals surface area contributed by atoms with Crippen LogP contribution in [0, 0.1) is 0 Å². The maximum absolute atomic E-state index is 12.6. The molecular formula is C22H26N2O3. The Morgan fingerprint density at radius 2 is 1.85 bits per heavy atom. The van der Waals surface area contributed by atoms with E-state index in [0.717, 1.165) is 12.8 Å². The van der Waals surface area contributed by atoms with Crippen LogP contribution in [0.25, 0.3) is 0 Å². The number of methoxy groups -OCH3 is 1. The van der Waals surface area contributed by atoms with Gasteiger partial charge in [-0.15, -0.1) is 0 Å². The monoisotopic (exact) mass is 366 g/mol. The molecule has 0 unspecified atom stereocenters. The first-order chi connectivity index (χ1) is 13.0. The van der Waals surface area contributed by atoms with Crippen LogP contribution >= 0.6 is 0 Å². The minimum Gasteiger partial charge on any atom is -0.495 e. The highest BCUT2D eigenvalue weighted by Gasteiger charge is 2.23. The van der Waals surface area contributed by atoms with Crippen molar-refractivity contribution < 1.29 is 14.3 Å². The molecule has 0 bridgehead atoms. The third-order valence-electron chi connectivity index (χ3n) is 4.89. The molecule has 27 heavy (non-hydrogen) atoms. The number of hydrogen-bond donors (Lipinski definition) is 1. The molecule has 0 spiro atoms. The van der Waals surface area contributed by atoms with Gasteiger partial charge in [0.05, 0.1) is 12.8 Å². The third-order valence-corrected chi connectivity index (χ3v) is 4.89. The number of piperidine rings is 1. The van der Waals surface area contributed by atoms with Gasteiger partial charge in [0.25, 0.3) is 5.91 Å². The van der Waals surface area contributed by atoms with Gasteiger partial charge < -0.3 is 15.0 Å². The molecule has 2 amide bonds. The second kappa shape index (κ2) is 8.25. The fourth-order valence-corrected chi connectivity index (χ4v) is 3.26. The van der Waals surface area contributed by atoms with Gasteiger partial charge >= 0.3 is 0 Å². The van der Waals surface area contributed by atoms with Crippen molar-refractivity contribution in [2.24, 2.45) is 0 Å². The van der Waals surface area contributed by atoms with E-state index in [1.54, 1.807) is 24.1 Å². The maximum Gasteiger partial charge on any atom is 0.255 e. The number of carbonyl (C=O) groups is 2. The van der Waals surface area contributed by atoms with Crippen LogP contribution in [0.5, 0.6) is 5.75 Å². The normalized spacial score (nSPS) is 14.4. The molecule has 3 rings (SSSR count). The van der Waals surface area contributed by atoms with E-state index in [4.69, 9.17) is 4.74 Å². The topological polar surface area (TPSA) is 58.6 Å². The van der Waals surface area contributed by atoms with Crippen LogP contribution in [0.15, 0.2) is 42.5 Å². The van der Waals surface area contributed by atoms with Crippen molar-refractivity contribution >= 4 is 23.2 Å². The highest BCUT2D eigenvalue weighted by atomic mass is 16.5. The summed E-state index contributed by atoms with van der Waals surface area (Å²) in [5.41, 5.74) is 3.14. The predicted molar refractivity (Wildman–Crippen MR) is 108 cm³/mol. The molecule has 0 aromatic heterocycles. The van der Waals surface area contributed by atoms with Crippen molar-refractivity contribution in [2.75, 3.05) is 23.9 Å². The molecule has 2 aromatic carbocycles. The second-order valence-electron chi connectivity index (χ2n) is 7.12. The van der Waals surface area contributed by atoms with E-state index < -0.39 is 0 Å². The van der Waals surface area contributed by atoms with Gasteiger partial charge in [-0.2, -0.15) is 0 Å². The van der Waals surface area contributed by atoms with E-state index in [2.05, 4.69) is 19.2 Å². The zero-order chi connectivity index (χ0) is 19.4. The number of hydrogen-bond acceptors (Lipinski definition) is 3.